The lowest BCUT2D eigenvalue weighted by atomic mass is 10.2. The monoisotopic (exact) mass is 378 g/mol. The highest BCUT2D eigenvalue weighted by molar-refractivity contribution is 7.98. The molecule has 0 bridgehead atoms. The number of benzene rings is 1. The Labute approximate surface area is 152 Å². The van der Waals surface area contributed by atoms with Gasteiger partial charge in [-0.25, -0.2) is 4.98 Å². The Morgan fingerprint density at radius 2 is 2.16 bits per heavy atom. The quantitative estimate of drug-likeness (QED) is 0.532. The number of thioether (sulfide) groups is 1. The first kappa shape index (κ1) is 17.5. The average molecular weight is 379 g/mol. The largest absolute Gasteiger partial charge is 0.440 e. The van der Waals surface area contributed by atoms with Gasteiger partial charge in [-0.2, -0.15) is 15.0 Å². The molecule has 0 aliphatic rings. The molecule has 3 aromatic rings. The Hall–Kier alpha value is -2.36. The van der Waals surface area contributed by atoms with Crippen molar-refractivity contribution in [3.05, 3.63) is 41.4 Å². The predicted octanol–water partition coefficient (Wildman–Crippen LogP) is 2.46. The Morgan fingerprint density at radius 1 is 1.28 bits per heavy atom. The highest BCUT2D eigenvalue weighted by Crippen LogP contribution is 2.26. The van der Waals surface area contributed by atoms with Crippen molar-refractivity contribution < 1.29 is 9.52 Å². The summed E-state index contributed by atoms with van der Waals surface area (Å²) < 4.78 is 5.73. The Bertz CT molecular complexity index is 860. The molecule has 0 spiro atoms. The molecule has 130 valence electrons. The zero-order valence-corrected chi connectivity index (χ0v) is 14.6. The molecule has 0 aliphatic heterocycles. The van der Waals surface area contributed by atoms with Gasteiger partial charge in [0.15, 0.2) is 10.9 Å². The summed E-state index contributed by atoms with van der Waals surface area (Å²) in [6, 6.07) is 7.36. The van der Waals surface area contributed by atoms with E-state index in [9.17, 15) is 0 Å². The molecular formula is C15H15ClN6O2S. The van der Waals surface area contributed by atoms with Gasteiger partial charge in [0, 0.05) is 17.1 Å². The van der Waals surface area contributed by atoms with Crippen LogP contribution in [0.5, 0.6) is 0 Å². The summed E-state index contributed by atoms with van der Waals surface area (Å²) in [7, 11) is 0. The third kappa shape index (κ3) is 4.81. The number of aliphatic hydroxyl groups is 1. The van der Waals surface area contributed by atoms with Gasteiger partial charge in [0.2, 0.25) is 17.8 Å². The minimum absolute atomic E-state index is 0.0311. The molecule has 0 aliphatic carbocycles. The number of halogens is 1. The number of rotatable bonds is 7. The van der Waals surface area contributed by atoms with Gasteiger partial charge in [-0.1, -0.05) is 35.5 Å². The molecule has 10 heteroatoms. The number of nitrogens with two attached hydrogens (primary N) is 1. The number of hydrogen-bond donors (Lipinski definition) is 3. The van der Waals surface area contributed by atoms with E-state index < -0.39 is 0 Å². The molecule has 3 rings (SSSR count). The van der Waals surface area contributed by atoms with Crippen molar-refractivity contribution in [1.29, 1.82) is 0 Å². The van der Waals surface area contributed by atoms with Gasteiger partial charge in [0.25, 0.3) is 0 Å². The smallest absolute Gasteiger partial charge is 0.228 e. The van der Waals surface area contributed by atoms with E-state index in [0.717, 1.165) is 5.56 Å². The second-order valence-corrected chi connectivity index (χ2v) is 6.25. The van der Waals surface area contributed by atoms with E-state index in [1.165, 1.54) is 11.8 Å². The van der Waals surface area contributed by atoms with E-state index >= 15 is 0 Å². The standard InChI is InChI=1S/C15H15ClN6O2S/c16-10-3-1-2-9(6-10)11-7-19-12(24-11)8-25-15-21-13(17)20-14(22-15)18-4-5-23/h1-3,6-7,23H,4-5,8H2,(H3,17,18,20,21,22). The zero-order valence-electron chi connectivity index (χ0n) is 13.0. The number of aliphatic hydroxyl groups excluding tert-OH is 1. The van der Waals surface area contributed by atoms with Crippen LogP contribution in [0.2, 0.25) is 5.02 Å². The van der Waals surface area contributed by atoms with E-state index in [1.54, 1.807) is 12.3 Å². The maximum absolute atomic E-state index is 8.83. The number of nitrogen functional groups attached to an aromatic ring is 1. The second kappa shape index (κ2) is 8.15. The van der Waals surface area contributed by atoms with E-state index in [4.69, 9.17) is 26.9 Å². The number of hydrogen-bond acceptors (Lipinski definition) is 9. The second-order valence-electron chi connectivity index (χ2n) is 4.87. The number of nitrogens with zero attached hydrogens (tertiary/aromatic N) is 4. The Kier molecular flexibility index (Phi) is 5.69. The minimum Gasteiger partial charge on any atom is -0.440 e. The molecule has 0 radical (unpaired) electrons. The number of aromatic nitrogens is 4. The highest BCUT2D eigenvalue weighted by atomic mass is 35.5. The molecule has 1 aromatic carbocycles. The molecule has 0 atom stereocenters. The summed E-state index contributed by atoms with van der Waals surface area (Å²) in [5, 5.41) is 12.8. The lowest BCUT2D eigenvalue weighted by molar-refractivity contribution is 0.310. The summed E-state index contributed by atoms with van der Waals surface area (Å²) in [6.07, 6.45) is 1.65. The molecular weight excluding hydrogens is 364 g/mol. The first-order valence-corrected chi connectivity index (χ1v) is 8.70. The summed E-state index contributed by atoms with van der Waals surface area (Å²) >= 11 is 7.31. The summed E-state index contributed by atoms with van der Waals surface area (Å²) in [6.45, 7) is 0.299. The predicted molar refractivity (Wildman–Crippen MR) is 96.3 cm³/mol. The van der Waals surface area contributed by atoms with Crippen LogP contribution in [0.15, 0.2) is 40.0 Å². The first-order valence-electron chi connectivity index (χ1n) is 7.34. The lowest BCUT2D eigenvalue weighted by Gasteiger charge is -2.05. The van der Waals surface area contributed by atoms with Gasteiger partial charge in [0.05, 0.1) is 18.6 Å². The third-order valence-electron chi connectivity index (χ3n) is 3.01. The van der Waals surface area contributed by atoms with Crippen molar-refractivity contribution in [2.75, 3.05) is 24.2 Å². The fourth-order valence-corrected chi connectivity index (χ4v) is 2.85. The van der Waals surface area contributed by atoms with E-state index in [1.807, 2.05) is 18.2 Å². The van der Waals surface area contributed by atoms with Crippen molar-refractivity contribution in [3.63, 3.8) is 0 Å². The average Bonchev–Trinajstić information content (AvgIpc) is 3.07. The molecule has 0 saturated carbocycles. The van der Waals surface area contributed by atoms with E-state index in [2.05, 4.69) is 25.3 Å². The van der Waals surface area contributed by atoms with Crippen LogP contribution < -0.4 is 11.1 Å². The number of nitrogens with one attached hydrogen (secondary N) is 1. The molecule has 2 heterocycles. The molecule has 0 unspecified atom stereocenters. The summed E-state index contributed by atoms with van der Waals surface area (Å²) in [4.78, 5) is 16.5. The van der Waals surface area contributed by atoms with Crippen LogP contribution in [0.25, 0.3) is 11.3 Å². The van der Waals surface area contributed by atoms with Crippen LogP contribution in [-0.4, -0.2) is 38.2 Å². The van der Waals surface area contributed by atoms with Crippen molar-refractivity contribution in [2.45, 2.75) is 10.9 Å². The number of anilines is 2. The number of oxazole rings is 1. The zero-order chi connectivity index (χ0) is 17.6. The molecule has 0 fully saturated rings. The molecule has 25 heavy (non-hydrogen) atoms. The Balaban J connectivity index is 1.67. The SMILES string of the molecule is Nc1nc(NCCO)nc(SCc2ncc(-c3cccc(Cl)c3)o2)n1. The first-order chi connectivity index (χ1) is 12.1. The minimum atomic E-state index is -0.0311. The molecule has 2 aromatic heterocycles. The van der Waals surface area contributed by atoms with Crippen molar-refractivity contribution in [3.8, 4) is 11.3 Å². The maximum Gasteiger partial charge on any atom is 0.228 e. The van der Waals surface area contributed by atoms with Gasteiger partial charge >= 0.3 is 0 Å². The van der Waals surface area contributed by atoms with Gasteiger partial charge in [-0.3, -0.25) is 0 Å². The lowest BCUT2D eigenvalue weighted by Crippen LogP contribution is -2.11. The van der Waals surface area contributed by atoms with Crippen LogP contribution in [0.3, 0.4) is 0 Å². The molecule has 0 amide bonds. The van der Waals surface area contributed by atoms with Gasteiger partial charge < -0.3 is 20.6 Å². The summed E-state index contributed by atoms with van der Waals surface area (Å²) in [5.74, 6) is 2.02. The van der Waals surface area contributed by atoms with Crippen LogP contribution in [0, 0.1) is 0 Å². The summed E-state index contributed by atoms with van der Waals surface area (Å²) in [5.41, 5.74) is 6.52. The molecule has 8 nitrogen and oxygen atoms in total. The van der Waals surface area contributed by atoms with Crippen LogP contribution in [0.4, 0.5) is 11.9 Å². The fourth-order valence-electron chi connectivity index (χ4n) is 1.96. The van der Waals surface area contributed by atoms with Crippen LogP contribution in [-0.2, 0) is 5.75 Å². The normalized spacial score (nSPS) is 10.8. The maximum atomic E-state index is 8.83. The van der Waals surface area contributed by atoms with Gasteiger partial charge in [0.1, 0.15) is 0 Å². The van der Waals surface area contributed by atoms with Gasteiger partial charge in [-0.15, -0.1) is 0 Å². The van der Waals surface area contributed by atoms with Crippen molar-refractivity contribution in [1.82, 2.24) is 19.9 Å². The third-order valence-corrected chi connectivity index (χ3v) is 4.08. The van der Waals surface area contributed by atoms with Gasteiger partial charge in [-0.05, 0) is 12.1 Å². The topological polar surface area (TPSA) is 123 Å². The highest BCUT2D eigenvalue weighted by Gasteiger charge is 2.10. The fraction of sp³-hybridized carbons (Fsp3) is 0.200. The van der Waals surface area contributed by atoms with Crippen LogP contribution >= 0.6 is 23.4 Å². The van der Waals surface area contributed by atoms with Crippen LogP contribution in [0.1, 0.15) is 5.89 Å². The van der Waals surface area contributed by atoms with E-state index in [0.29, 0.717) is 40.1 Å². The van der Waals surface area contributed by atoms with E-state index in [-0.39, 0.29) is 12.6 Å². The molecule has 4 N–H and O–H groups in total. The van der Waals surface area contributed by atoms with Crippen molar-refractivity contribution in [2.24, 2.45) is 0 Å². The van der Waals surface area contributed by atoms with Crippen molar-refractivity contribution >= 4 is 35.3 Å². The molecule has 0 saturated heterocycles. The Morgan fingerprint density at radius 3 is 2.96 bits per heavy atom.